The van der Waals surface area contributed by atoms with E-state index in [9.17, 15) is 0 Å². The van der Waals surface area contributed by atoms with E-state index in [0.29, 0.717) is 5.92 Å². The first-order valence-corrected chi connectivity index (χ1v) is 7.38. The monoisotopic (exact) mass is 351 g/mol. The molecule has 0 aliphatic rings. The van der Waals surface area contributed by atoms with E-state index in [4.69, 9.17) is 0 Å². The maximum Gasteiger partial charge on any atom is 0.0350 e. The summed E-state index contributed by atoms with van der Waals surface area (Å²) in [5.41, 5.74) is 2.63. The standard InChI is InChI=1S/C16H18IN/c1-13(14-6-3-2-4-7-14)10-11-18-16-9-5-8-15(17)12-16/h2-9,12-13,18H,10-11H2,1H3. The van der Waals surface area contributed by atoms with Gasteiger partial charge in [-0.25, -0.2) is 0 Å². The molecule has 0 saturated heterocycles. The summed E-state index contributed by atoms with van der Waals surface area (Å²) in [7, 11) is 0. The van der Waals surface area contributed by atoms with Gasteiger partial charge in [-0.3, -0.25) is 0 Å². The van der Waals surface area contributed by atoms with Crippen LogP contribution in [0.15, 0.2) is 54.6 Å². The van der Waals surface area contributed by atoms with Crippen LogP contribution in [0, 0.1) is 3.57 Å². The normalized spacial score (nSPS) is 12.1. The topological polar surface area (TPSA) is 12.0 Å². The van der Waals surface area contributed by atoms with Gasteiger partial charge in [-0.1, -0.05) is 43.3 Å². The van der Waals surface area contributed by atoms with Crippen molar-refractivity contribution < 1.29 is 0 Å². The first-order chi connectivity index (χ1) is 8.75. The molecule has 0 aliphatic carbocycles. The van der Waals surface area contributed by atoms with Gasteiger partial charge in [0.25, 0.3) is 0 Å². The molecule has 0 fully saturated rings. The van der Waals surface area contributed by atoms with Crippen molar-refractivity contribution in [3.05, 3.63) is 63.7 Å². The van der Waals surface area contributed by atoms with Crippen LogP contribution in [0.5, 0.6) is 0 Å². The Labute approximate surface area is 123 Å². The summed E-state index contributed by atoms with van der Waals surface area (Å²) in [5, 5.41) is 3.48. The zero-order valence-electron chi connectivity index (χ0n) is 10.6. The molecule has 0 bridgehead atoms. The van der Waals surface area contributed by atoms with Crippen molar-refractivity contribution in [2.45, 2.75) is 19.3 Å². The Kier molecular flexibility index (Phi) is 5.05. The first-order valence-electron chi connectivity index (χ1n) is 6.30. The Morgan fingerprint density at radius 2 is 1.83 bits per heavy atom. The van der Waals surface area contributed by atoms with E-state index in [0.717, 1.165) is 13.0 Å². The van der Waals surface area contributed by atoms with Crippen LogP contribution >= 0.6 is 22.6 Å². The summed E-state index contributed by atoms with van der Waals surface area (Å²) in [6, 6.07) is 19.2. The van der Waals surface area contributed by atoms with Gasteiger partial charge >= 0.3 is 0 Å². The van der Waals surface area contributed by atoms with Crippen molar-refractivity contribution in [2.24, 2.45) is 0 Å². The van der Waals surface area contributed by atoms with Crippen LogP contribution in [0.2, 0.25) is 0 Å². The molecule has 1 atom stereocenters. The van der Waals surface area contributed by atoms with Gasteiger partial charge in [0.2, 0.25) is 0 Å². The molecule has 0 aromatic heterocycles. The van der Waals surface area contributed by atoms with Gasteiger partial charge in [-0.05, 0) is 58.7 Å². The smallest absolute Gasteiger partial charge is 0.0350 e. The fraction of sp³-hybridized carbons (Fsp3) is 0.250. The number of nitrogens with one attached hydrogen (secondary N) is 1. The van der Waals surface area contributed by atoms with Crippen molar-refractivity contribution in [3.63, 3.8) is 0 Å². The second-order valence-corrected chi connectivity index (χ2v) is 5.78. The van der Waals surface area contributed by atoms with Gasteiger partial charge in [0.15, 0.2) is 0 Å². The van der Waals surface area contributed by atoms with Crippen LogP contribution in [0.4, 0.5) is 5.69 Å². The summed E-state index contributed by atoms with van der Waals surface area (Å²) in [5.74, 6) is 0.599. The number of anilines is 1. The molecule has 0 heterocycles. The molecule has 0 spiro atoms. The third kappa shape index (κ3) is 4.02. The number of hydrogen-bond donors (Lipinski definition) is 1. The van der Waals surface area contributed by atoms with E-state index in [2.05, 4.69) is 89.4 Å². The SMILES string of the molecule is CC(CCNc1cccc(I)c1)c1ccccc1. The lowest BCUT2D eigenvalue weighted by atomic mass is 9.98. The second kappa shape index (κ2) is 6.78. The highest BCUT2D eigenvalue weighted by Crippen LogP contribution is 2.19. The lowest BCUT2D eigenvalue weighted by Crippen LogP contribution is -2.05. The summed E-state index contributed by atoms with van der Waals surface area (Å²) >= 11 is 2.34. The summed E-state index contributed by atoms with van der Waals surface area (Å²) in [6.45, 7) is 3.29. The van der Waals surface area contributed by atoms with E-state index < -0.39 is 0 Å². The molecule has 18 heavy (non-hydrogen) atoms. The Hall–Kier alpha value is -1.03. The Morgan fingerprint density at radius 1 is 1.06 bits per heavy atom. The van der Waals surface area contributed by atoms with Gasteiger partial charge in [-0.2, -0.15) is 0 Å². The van der Waals surface area contributed by atoms with Crippen LogP contribution in [-0.4, -0.2) is 6.54 Å². The first kappa shape index (κ1) is 13.4. The van der Waals surface area contributed by atoms with Crippen molar-refractivity contribution in [3.8, 4) is 0 Å². The van der Waals surface area contributed by atoms with Gasteiger partial charge < -0.3 is 5.32 Å². The van der Waals surface area contributed by atoms with E-state index in [1.54, 1.807) is 0 Å². The molecular formula is C16H18IN. The van der Waals surface area contributed by atoms with Gasteiger partial charge in [0.05, 0.1) is 0 Å². The molecule has 2 aromatic rings. The van der Waals surface area contributed by atoms with E-state index in [-0.39, 0.29) is 0 Å². The highest BCUT2D eigenvalue weighted by molar-refractivity contribution is 14.1. The lowest BCUT2D eigenvalue weighted by Gasteiger charge is -2.13. The third-order valence-electron chi connectivity index (χ3n) is 3.10. The highest BCUT2D eigenvalue weighted by Gasteiger charge is 2.04. The second-order valence-electron chi connectivity index (χ2n) is 4.54. The van der Waals surface area contributed by atoms with Crippen molar-refractivity contribution in [1.82, 2.24) is 0 Å². The minimum absolute atomic E-state index is 0.599. The molecule has 2 heteroatoms. The number of hydrogen-bond acceptors (Lipinski definition) is 1. The molecule has 0 aliphatic heterocycles. The van der Waals surface area contributed by atoms with E-state index in [1.165, 1.54) is 14.8 Å². The molecule has 0 saturated carbocycles. The van der Waals surface area contributed by atoms with E-state index in [1.807, 2.05) is 0 Å². The third-order valence-corrected chi connectivity index (χ3v) is 3.77. The molecule has 1 N–H and O–H groups in total. The average Bonchev–Trinajstić information content (AvgIpc) is 2.40. The molecule has 0 radical (unpaired) electrons. The van der Waals surface area contributed by atoms with Gasteiger partial charge in [0.1, 0.15) is 0 Å². The molecule has 2 aromatic carbocycles. The molecule has 0 amide bonds. The summed E-state index contributed by atoms with van der Waals surface area (Å²) < 4.78 is 1.27. The van der Waals surface area contributed by atoms with Crippen LogP contribution in [-0.2, 0) is 0 Å². The molecule has 2 rings (SSSR count). The quantitative estimate of drug-likeness (QED) is 0.756. The van der Waals surface area contributed by atoms with E-state index >= 15 is 0 Å². The molecule has 94 valence electrons. The fourth-order valence-electron chi connectivity index (χ4n) is 1.98. The maximum absolute atomic E-state index is 3.48. The minimum atomic E-state index is 0.599. The van der Waals surface area contributed by atoms with Crippen molar-refractivity contribution in [2.75, 3.05) is 11.9 Å². The molecular weight excluding hydrogens is 333 g/mol. The number of benzene rings is 2. The van der Waals surface area contributed by atoms with Crippen LogP contribution in [0.3, 0.4) is 0 Å². The van der Waals surface area contributed by atoms with Crippen LogP contribution in [0.1, 0.15) is 24.8 Å². The van der Waals surface area contributed by atoms with Crippen molar-refractivity contribution >= 4 is 28.3 Å². The van der Waals surface area contributed by atoms with Crippen LogP contribution in [0.25, 0.3) is 0 Å². The Balaban J connectivity index is 1.82. The van der Waals surface area contributed by atoms with Crippen molar-refractivity contribution in [1.29, 1.82) is 0 Å². The predicted octanol–water partition coefficient (Wildman–Crippen LogP) is 4.90. The van der Waals surface area contributed by atoms with Gasteiger partial charge in [-0.15, -0.1) is 0 Å². The zero-order valence-corrected chi connectivity index (χ0v) is 12.7. The largest absolute Gasteiger partial charge is 0.385 e. The predicted molar refractivity (Wildman–Crippen MR) is 87.1 cm³/mol. The van der Waals surface area contributed by atoms with Crippen LogP contribution < -0.4 is 5.32 Å². The van der Waals surface area contributed by atoms with Gasteiger partial charge in [0, 0.05) is 15.8 Å². The lowest BCUT2D eigenvalue weighted by molar-refractivity contribution is 0.706. The highest BCUT2D eigenvalue weighted by atomic mass is 127. The summed E-state index contributed by atoms with van der Waals surface area (Å²) in [6.07, 6.45) is 1.15. The number of halogens is 1. The average molecular weight is 351 g/mol. The molecule has 1 unspecified atom stereocenters. The minimum Gasteiger partial charge on any atom is -0.385 e. The fourth-order valence-corrected chi connectivity index (χ4v) is 2.52. The Morgan fingerprint density at radius 3 is 2.56 bits per heavy atom. The summed E-state index contributed by atoms with van der Waals surface area (Å²) in [4.78, 5) is 0. The number of rotatable bonds is 5. The Bertz CT molecular complexity index is 481. The molecule has 1 nitrogen and oxygen atoms in total. The maximum atomic E-state index is 3.48. The zero-order chi connectivity index (χ0) is 12.8.